The van der Waals surface area contributed by atoms with Gasteiger partial charge < -0.3 is 10.2 Å². The van der Waals surface area contributed by atoms with Crippen molar-refractivity contribution < 1.29 is 19.8 Å². The second kappa shape index (κ2) is 7.19. The topological polar surface area (TPSA) is 81.1 Å². The summed E-state index contributed by atoms with van der Waals surface area (Å²) in [6.07, 6.45) is 12.2. The first-order valence-electron chi connectivity index (χ1n) is 9.71. The van der Waals surface area contributed by atoms with Crippen molar-refractivity contribution in [2.24, 2.45) is 17.8 Å². The first kappa shape index (κ1) is 18.3. The molecule has 2 saturated heterocycles. The fraction of sp³-hybridized carbons (Fsp3) is 0.524. The third-order valence-electron chi connectivity index (χ3n) is 6.28. The van der Waals surface area contributed by atoms with Gasteiger partial charge in [0.05, 0.1) is 18.2 Å². The van der Waals surface area contributed by atoms with Crippen LogP contribution in [0.4, 0.5) is 0 Å². The smallest absolute Gasteiger partial charge is 0.251 e. The molecule has 0 bridgehead atoms. The largest absolute Gasteiger partial charge is 0.368 e. The van der Waals surface area contributed by atoms with Gasteiger partial charge in [0, 0.05) is 11.8 Å². The number of nitrogens with zero attached hydrogens (tertiary/aromatic N) is 2. The van der Waals surface area contributed by atoms with Crippen LogP contribution in [-0.2, 0) is 9.59 Å². The van der Waals surface area contributed by atoms with E-state index in [0.717, 1.165) is 5.57 Å². The standard InChI is InChI=1S/C21H26N2O4/c1-13-6-7-17(16-5-3-2-4-15(13)16)23-19(24)12-18(20(23)25)22-10-8-14(9-11-22)21(26)27/h2-7,13-15,18,21,26-27H,8-12H2,1H3/t13?,15-,18+/m1/s1. The van der Waals surface area contributed by atoms with Gasteiger partial charge in [0.1, 0.15) is 0 Å². The van der Waals surface area contributed by atoms with Crippen LogP contribution in [0.1, 0.15) is 26.2 Å². The van der Waals surface area contributed by atoms with Crippen LogP contribution in [-0.4, -0.2) is 57.2 Å². The van der Waals surface area contributed by atoms with Crippen molar-refractivity contribution in [3.05, 3.63) is 47.7 Å². The molecule has 0 aromatic carbocycles. The predicted octanol–water partition coefficient (Wildman–Crippen LogP) is 1.34. The van der Waals surface area contributed by atoms with E-state index in [2.05, 4.69) is 19.1 Å². The highest BCUT2D eigenvalue weighted by atomic mass is 16.5. The summed E-state index contributed by atoms with van der Waals surface area (Å²) in [6.45, 7) is 3.34. The van der Waals surface area contributed by atoms with Gasteiger partial charge in [-0.3, -0.25) is 14.5 Å². The average Bonchev–Trinajstić information content (AvgIpc) is 2.97. The Kier molecular flexibility index (Phi) is 4.88. The molecule has 2 amide bonds. The van der Waals surface area contributed by atoms with Gasteiger partial charge in [0.15, 0.2) is 6.29 Å². The highest BCUT2D eigenvalue weighted by Crippen LogP contribution is 2.37. The second-order valence-electron chi connectivity index (χ2n) is 7.90. The quantitative estimate of drug-likeness (QED) is 0.579. The summed E-state index contributed by atoms with van der Waals surface area (Å²) >= 11 is 0. The fourth-order valence-corrected chi connectivity index (χ4v) is 4.62. The molecule has 144 valence electrons. The lowest BCUT2D eigenvalue weighted by Gasteiger charge is -2.35. The maximum Gasteiger partial charge on any atom is 0.251 e. The lowest BCUT2D eigenvalue weighted by atomic mass is 9.79. The Morgan fingerprint density at radius 3 is 2.52 bits per heavy atom. The van der Waals surface area contributed by atoms with E-state index in [1.807, 2.05) is 29.2 Å². The molecule has 2 fully saturated rings. The summed E-state index contributed by atoms with van der Waals surface area (Å²) in [5, 5.41) is 18.7. The molecule has 2 heterocycles. The van der Waals surface area contributed by atoms with E-state index < -0.39 is 12.3 Å². The maximum atomic E-state index is 13.1. The predicted molar refractivity (Wildman–Crippen MR) is 99.9 cm³/mol. The van der Waals surface area contributed by atoms with Crippen LogP contribution in [0.3, 0.4) is 0 Å². The lowest BCUT2D eigenvalue weighted by molar-refractivity contribution is -0.137. The fourth-order valence-electron chi connectivity index (χ4n) is 4.62. The number of imide groups is 1. The molecule has 0 spiro atoms. The molecule has 6 heteroatoms. The number of hydrogen-bond donors (Lipinski definition) is 2. The van der Waals surface area contributed by atoms with Gasteiger partial charge in [-0.25, -0.2) is 4.90 Å². The minimum atomic E-state index is -1.31. The van der Waals surface area contributed by atoms with Gasteiger partial charge in [0.25, 0.3) is 5.91 Å². The number of aliphatic hydroxyl groups is 2. The minimum Gasteiger partial charge on any atom is -0.368 e. The van der Waals surface area contributed by atoms with Gasteiger partial charge in [-0.15, -0.1) is 0 Å². The number of rotatable bonds is 3. The average molecular weight is 370 g/mol. The van der Waals surface area contributed by atoms with Crippen LogP contribution in [0.15, 0.2) is 47.7 Å². The third kappa shape index (κ3) is 3.22. The number of fused-ring (bicyclic) bond motifs is 1. The molecule has 0 radical (unpaired) electrons. The molecule has 2 aliphatic carbocycles. The molecule has 2 aliphatic heterocycles. The minimum absolute atomic E-state index is 0.155. The first-order chi connectivity index (χ1) is 13.0. The van der Waals surface area contributed by atoms with Gasteiger partial charge in [0.2, 0.25) is 5.91 Å². The van der Waals surface area contributed by atoms with Gasteiger partial charge in [-0.2, -0.15) is 0 Å². The van der Waals surface area contributed by atoms with Crippen molar-refractivity contribution in [2.75, 3.05) is 13.1 Å². The molecular formula is C21H26N2O4. The molecule has 1 unspecified atom stereocenters. The van der Waals surface area contributed by atoms with Gasteiger partial charge in [-0.05, 0) is 43.5 Å². The number of allylic oxidation sites excluding steroid dienone is 7. The molecule has 3 atom stereocenters. The van der Waals surface area contributed by atoms with E-state index in [0.29, 0.717) is 37.5 Å². The highest BCUT2D eigenvalue weighted by molar-refractivity contribution is 6.07. The molecule has 6 nitrogen and oxygen atoms in total. The van der Waals surface area contributed by atoms with Crippen LogP contribution in [0, 0.1) is 17.8 Å². The molecule has 0 aromatic heterocycles. The Morgan fingerprint density at radius 2 is 1.81 bits per heavy atom. The summed E-state index contributed by atoms with van der Waals surface area (Å²) in [5.41, 5.74) is 1.73. The zero-order valence-electron chi connectivity index (χ0n) is 15.5. The summed E-state index contributed by atoms with van der Waals surface area (Å²) in [5.74, 6) is 0.0511. The molecule has 0 aromatic rings. The van der Waals surface area contributed by atoms with Gasteiger partial charge in [-0.1, -0.05) is 37.3 Å². The van der Waals surface area contributed by atoms with E-state index in [4.69, 9.17) is 0 Å². The zero-order chi connectivity index (χ0) is 19.1. The van der Waals surface area contributed by atoms with Crippen LogP contribution in [0.25, 0.3) is 0 Å². The maximum absolute atomic E-state index is 13.1. The van der Waals surface area contributed by atoms with Crippen LogP contribution >= 0.6 is 0 Å². The Bertz CT molecular complexity index is 756. The molecule has 0 saturated carbocycles. The zero-order valence-corrected chi connectivity index (χ0v) is 15.5. The van der Waals surface area contributed by atoms with Crippen LogP contribution in [0.2, 0.25) is 0 Å². The normalized spacial score (nSPS) is 32.1. The number of piperidine rings is 1. The Labute approximate surface area is 159 Å². The van der Waals surface area contributed by atoms with Crippen LogP contribution in [0.5, 0.6) is 0 Å². The summed E-state index contributed by atoms with van der Waals surface area (Å²) in [7, 11) is 0. The van der Waals surface area contributed by atoms with E-state index in [9.17, 15) is 19.8 Å². The summed E-state index contributed by atoms with van der Waals surface area (Å²) in [4.78, 5) is 29.3. The van der Waals surface area contributed by atoms with Gasteiger partial charge >= 0.3 is 0 Å². The molecule has 4 rings (SSSR count). The number of likely N-dealkylation sites (tertiary alicyclic amines) is 2. The first-order valence-corrected chi connectivity index (χ1v) is 9.71. The molecule has 2 N–H and O–H groups in total. The summed E-state index contributed by atoms with van der Waals surface area (Å²) < 4.78 is 0. The van der Waals surface area contributed by atoms with Crippen molar-refractivity contribution in [2.45, 2.75) is 38.5 Å². The van der Waals surface area contributed by atoms with Crippen LogP contribution < -0.4 is 0 Å². The number of carbonyl (C=O) groups is 2. The highest BCUT2D eigenvalue weighted by Gasteiger charge is 2.45. The number of amides is 2. The van der Waals surface area contributed by atoms with E-state index in [-0.39, 0.29) is 30.1 Å². The van der Waals surface area contributed by atoms with Crippen molar-refractivity contribution in [3.8, 4) is 0 Å². The Morgan fingerprint density at radius 1 is 1.07 bits per heavy atom. The van der Waals surface area contributed by atoms with Crippen molar-refractivity contribution in [3.63, 3.8) is 0 Å². The van der Waals surface area contributed by atoms with Crippen molar-refractivity contribution in [1.29, 1.82) is 0 Å². The number of carbonyl (C=O) groups excluding carboxylic acids is 2. The van der Waals surface area contributed by atoms with Crippen molar-refractivity contribution in [1.82, 2.24) is 9.80 Å². The van der Waals surface area contributed by atoms with Crippen molar-refractivity contribution >= 4 is 11.8 Å². The molecule has 27 heavy (non-hydrogen) atoms. The molecule has 4 aliphatic rings. The monoisotopic (exact) mass is 370 g/mol. The number of hydrogen-bond acceptors (Lipinski definition) is 5. The summed E-state index contributed by atoms with van der Waals surface area (Å²) in [6, 6.07) is -0.448. The SMILES string of the molecule is CC1C=CC(N2C(=O)C[C@H](N3CCC(C(O)O)CC3)C2=O)=C2C=CC=C[C@@H]21. The van der Waals surface area contributed by atoms with E-state index >= 15 is 0 Å². The van der Waals surface area contributed by atoms with E-state index in [1.54, 1.807) is 0 Å². The Hall–Kier alpha value is -2.02. The molecular weight excluding hydrogens is 344 g/mol. The second-order valence-corrected chi connectivity index (χ2v) is 7.90. The number of aliphatic hydroxyl groups excluding tert-OH is 1. The third-order valence-corrected chi connectivity index (χ3v) is 6.28. The lowest BCUT2D eigenvalue weighted by Crippen LogP contribution is -2.47. The Balaban J connectivity index is 1.55. The van der Waals surface area contributed by atoms with E-state index in [1.165, 1.54) is 4.90 Å².